The molecule has 2 aromatic carbocycles. The molecule has 0 aliphatic heterocycles. The maximum Gasteiger partial charge on any atom is 0.338 e. The van der Waals surface area contributed by atoms with Crippen LogP contribution in [-0.4, -0.2) is 36.4 Å². The predicted molar refractivity (Wildman–Crippen MR) is 125 cm³/mol. The first-order valence-corrected chi connectivity index (χ1v) is 12.4. The van der Waals surface area contributed by atoms with Gasteiger partial charge in [0.1, 0.15) is 16.5 Å². The summed E-state index contributed by atoms with van der Waals surface area (Å²) >= 11 is 0. The van der Waals surface area contributed by atoms with Gasteiger partial charge in [-0.2, -0.15) is 5.10 Å². The fraction of sp³-hybridized carbons (Fsp3) is 0.333. The Kier molecular flexibility index (Phi) is 6.60. The van der Waals surface area contributed by atoms with E-state index in [4.69, 9.17) is 9.84 Å². The van der Waals surface area contributed by atoms with E-state index in [9.17, 15) is 17.6 Å². The van der Waals surface area contributed by atoms with Crippen LogP contribution in [0.15, 0.2) is 53.7 Å². The zero-order chi connectivity index (χ0) is 24.5. The van der Waals surface area contributed by atoms with Crippen LogP contribution in [0.4, 0.5) is 10.1 Å². The molecule has 1 saturated carbocycles. The number of ether oxygens (including phenoxy) is 1. The number of anilines is 1. The molecule has 4 rings (SSSR count). The third kappa shape index (κ3) is 4.91. The number of carboxylic acid groups (broad SMARTS) is 1. The summed E-state index contributed by atoms with van der Waals surface area (Å²) < 4.78 is 48.6. The van der Waals surface area contributed by atoms with Gasteiger partial charge in [-0.25, -0.2) is 22.3 Å². The molecule has 8 nitrogen and oxygen atoms in total. The van der Waals surface area contributed by atoms with Crippen molar-refractivity contribution in [1.82, 2.24) is 9.78 Å². The van der Waals surface area contributed by atoms with Crippen molar-refractivity contribution in [3.63, 3.8) is 0 Å². The Balaban J connectivity index is 1.53. The lowest BCUT2D eigenvalue weighted by Gasteiger charge is -2.26. The molecule has 0 saturated heterocycles. The molecule has 0 atom stereocenters. The highest BCUT2D eigenvalue weighted by Crippen LogP contribution is 2.36. The molecule has 10 heteroatoms. The van der Waals surface area contributed by atoms with Gasteiger partial charge in [0, 0.05) is 6.07 Å². The smallest absolute Gasteiger partial charge is 0.338 e. The third-order valence-corrected chi connectivity index (χ3v) is 7.60. The number of aromatic carboxylic acids is 1. The number of nitrogens with one attached hydrogen (secondary N) is 1. The fourth-order valence-electron chi connectivity index (χ4n) is 4.25. The predicted octanol–water partition coefficient (Wildman–Crippen LogP) is 4.81. The van der Waals surface area contributed by atoms with Crippen molar-refractivity contribution in [3.05, 3.63) is 65.7 Å². The highest BCUT2D eigenvalue weighted by atomic mass is 32.2. The number of sulfonamides is 1. The van der Waals surface area contributed by atoms with E-state index in [1.54, 1.807) is 0 Å². The van der Waals surface area contributed by atoms with Crippen LogP contribution in [0, 0.1) is 11.7 Å². The molecule has 2 N–H and O–H groups in total. The maximum atomic E-state index is 14.1. The van der Waals surface area contributed by atoms with E-state index in [-0.39, 0.29) is 16.3 Å². The summed E-state index contributed by atoms with van der Waals surface area (Å²) in [4.78, 5) is 11.0. The largest absolute Gasteiger partial charge is 0.495 e. The van der Waals surface area contributed by atoms with Gasteiger partial charge >= 0.3 is 5.97 Å². The van der Waals surface area contributed by atoms with Crippen LogP contribution in [-0.2, 0) is 10.0 Å². The van der Waals surface area contributed by atoms with Gasteiger partial charge in [-0.3, -0.25) is 4.72 Å². The minimum Gasteiger partial charge on any atom is -0.495 e. The van der Waals surface area contributed by atoms with E-state index in [0.717, 1.165) is 18.1 Å². The number of hydrogen-bond donors (Lipinski definition) is 2. The van der Waals surface area contributed by atoms with Crippen molar-refractivity contribution in [3.8, 4) is 11.4 Å². The Bertz CT molecular complexity index is 1300. The number of carboxylic acids is 1. The van der Waals surface area contributed by atoms with Crippen molar-refractivity contribution in [1.29, 1.82) is 0 Å². The highest BCUT2D eigenvalue weighted by Gasteiger charge is 2.23. The van der Waals surface area contributed by atoms with Crippen LogP contribution in [0.2, 0.25) is 0 Å². The van der Waals surface area contributed by atoms with E-state index in [0.29, 0.717) is 11.6 Å². The highest BCUT2D eigenvalue weighted by molar-refractivity contribution is 7.92. The van der Waals surface area contributed by atoms with Gasteiger partial charge in [0.2, 0.25) is 0 Å². The molecule has 1 aromatic heterocycles. The van der Waals surface area contributed by atoms with E-state index >= 15 is 0 Å². The molecule has 1 fully saturated rings. The van der Waals surface area contributed by atoms with Crippen LogP contribution in [0.5, 0.6) is 5.75 Å². The SMILES string of the molecule is COc1cc(C(=O)O)c(F)cc1NS(=O)(=O)c1cnn(-c2ccc([C@H]3CC[C@@H](C)CC3)cc2)c1. The van der Waals surface area contributed by atoms with E-state index in [1.165, 1.54) is 55.4 Å². The number of halogens is 1. The van der Waals surface area contributed by atoms with Crippen LogP contribution >= 0.6 is 0 Å². The van der Waals surface area contributed by atoms with Crippen molar-refractivity contribution in [2.75, 3.05) is 11.8 Å². The first-order chi connectivity index (χ1) is 16.2. The average molecular weight is 488 g/mol. The Morgan fingerprint density at radius 1 is 1.18 bits per heavy atom. The molecule has 3 aromatic rings. The molecule has 180 valence electrons. The third-order valence-electron chi connectivity index (χ3n) is 6.28. The number of rotatable bonds is 7. The second-order valence-corrected chi connectivity index (χ2v) is 10.3. The van der Waals surface area contributed by atoms with E-state index in [1.807, 2.05) is 12.1 Å². The fourth-order valence-corrected chi connectivity index (χ4v) is 5.24. The molecule has 1 heterocycles. The normalized spacial score (nSPS) is 18.4. The maximum absolute atomic E-state index is 14.1. The monoisotopic (exact) mass is 487 g/mol. The number of nitrogens with zero attached hydrogens (tertiary/aromatic N) is 2. The first kappa shape index (κ1) is 23.7. The van der Waals surface area contributed by atoms with Gasteiger partial charge in [-0.1, -0.05) is 31.9 Å². The van der Waals surface area contributed by atoms with Crippen molar-refractivity contribution in [2.45, 2.75) is 43.4 Å². The molecular weight excluding hydrogens is 461 g/mol. The topological polar surface area (TPSA) is 111 Å². The standard InChI is InChI=1S/C24H26FN3O5S/c1-15-3-5-16(6-4-15)17-7-9-18(10-8-17)28-14-19(13-26-28)34(31,32)27-22-12-21(25)20(24(29)30)11-23(22)33-2/h7-16,27H,3-6H2,1-2H3,(H,29,30)/t15-,16+. The summed E-state index contributed by atoms with van der Waals surface area (Å²) in [5, 5.41) is 13.2. The van der Waals surface area contributed by atoms with Gasteiger partial charge in [0.05, 0.1) is 36.4 Å². The van der Waals surface area contributed by atoms with Gasteiger partial charge in [-0.05, 0) is 48.4 Å². The minimum atomic E-state index is -4.14. The molecule has 1 aliphatic carbocycles. The minimum absolute atomic E-state index is 0.123. The number of benzene rings is 2. The number of hydrogen-bond acceptors (Lipinski definition) is 5. The zero-order valence-electron chi connectivity index (χ0n) is 18.9. The summed E-state index contributed by atoms with van der Waals surface area (Å²) in [6.07, 6.45) is 7.35. The van der Waals surface area contributed by atoms with Gasteiger partial charge in [0.25, 0.3) is 10.0 Å². The number of carbonyl (C=O) groups is 1. The Hall–Kier alpha value is -3.40. The lowest BCUT2D eigenvalue weighted by molar-refractivity contribution is 0.0691. The van der Waals surface area contributed by atoms with Crippen LogP contribution in [0.3, 0.4) is 0 Å². The van der Waals surface area contributed by atoms with Gasteiger partial charge < -0.3 is 9.84 Å². The van der Waals surface area contributed by atoms with Crippen LogP contribution < -0.4 is 9.46 Å². The summed E-state index contributed by atoms with van der Waals surface area (Å²) in [5.74, 6) is -1.38. The van der Waals surface area contributed by atoms with Crippen molar-refractivity contribution in [2.24, 2.45) is 5.92 Å². The van der Waals surface area contributed by atoms with E-state index in [2.05, 4.69) is 28.9 Å². The molecule has 1 aliphatic rings. The Labute approximate surface area is 197 Å². The Morgan fingerprint density at radius 3 is 2.47 bits per heavy atom. The second kappa shape index (κ2) is 9.46. The number of methoxy groups -OCH3 is 1. The molecule has 0 unspecified atom stereocenters. The number of aromatic nitrogens is 2. The zero-order valence-corrected chi connectivity index (χ0v) is 19.7. The lowest BCUT2D eigenvalue weighted by atomic mass is 9.79. The average Bonchev–Trinajstić information content (AvgIpc) is 3.31. The lowest BCUT2D eigenvalue weighted by Crippen LogP contribution is -2.14. The molecular formula is C24H26FN3O5S. The molecule has 0 spiro atoms. The molecule has 0 radical (unpaired) electrons. The summed E-state index contributed by atoms with van der Waals surface area (Å²) in [6, 6.07) is 9.63. The van der Waals surface area contributed by atoms with Gasteiger partial charge in [0.15, 0.2) is 0 Å². The molecule has 0 bridgehead atoms. The summed E-state index contributed by atoms with van der Waals surface area (Å²) in [5.41, 5.74) is 1.14. The molecule has 34 heavy (non-hydrogen) atoms. The van der Waals surface area contributed by atoms with E-state index < -0.39 is 27.4 Å². The summed E-state index contributed by atoms with van der Waals surface area (Å²) in [6.45, 7) is 2.29. The first-order valence-electron chi connectivity index (χ1n) is 11.0. The molecule has 0 amide bonds. The van der Waals surface area contributed by atoms with Crippen LogP contribution in [0.1, 0.15) is 54.4 Å². The second-order valence-electron chi connectivity index (χ2n) is 8.61. The van der Waals surface area contributed by atoms with Crippen molar-refractivity contribution >= 4 is 21.7 Å². The van der Waals surface area contributed by atoms with Crippen LogP contribution in [0.25, 0.3) is 5.69 Å². The van der Waals surface area contributed by atoms with Gasteiger partial charge in [-0.15, -0.1) is 0 Å². The Morgan fingerprint density at radius 2 is 1.85 bits per heavy atom. The quantitative estimate of drug-likeness (QED) is 0.495. The summed E-state index contributed by atoms with van der Waals surface area (Å²) in [7, 11) is -2.91. The van der Waals surface area contributed by atoms with Crippen molar-refractivity contribution < 1.29 is 27.4 Å².